The molecular weight excluding hydrogens is 320 g/mol. The number of benzene rings is 1. The summed E-state index contributed by atoms with van der Waals surface area (Å²) in [4.78, 5) is 12.3. The van der Waals surface area contributed by atoms with Crippen molar-refractivity contribution in [3.63, 3.8) is 0 Å². The van der Waals surface area contributed by atoms with Crippen LogP contribution in [0.3, 0.4) is 0 Å². The smallest absolute Gasteiger partial charge is 0.168 e. The molecule has 1 heterocycles. The number of nitrogens with zero attached hydrogens (tertiary/aromatic N) is 2. The topological polar surface area (TPSA) is 44.1 Å². The van der Waals surface area contributed by atoms with Crippen LogP contribution in [-0.2, 0) is 13.5 Å². The number of ketones is 1. The SMILES string of the molecule is CCOc1ccc(C(=O)Cc2c(Br)c(C)nn2C)cc1. The lowest BCUT2D eigenvalue weighted by Crippen LogP contribution is -2.08. The summed E-state index contributed by atoms with van der Waals surface area (Å²) in [6.07, 6.45) is 0.325. The van der Waals surface area contributed by atoms with Gasteiger partial charge in [-0.1, -0.05) is 0 Å². The normalized spacial score (nSPS) is 10.6. The third-order valence-electron chi connectivity index (χ3n) is 3.08. The summed E-state index contributed by atoms with van der Waals surface area (Å²) in [5, 5.41) is 4.29. The van der Waals surface area contributed by atoms with Gasteiger partial charge in [-0.05, 0) is 54.0 Å². The van der Waals surface area contributed by atoms with Crippen LogP contribution in [0.5, 0.6) is 5.75 Å². The first-order valence-electron chi connectivity index (χ1n) is 6.47. The minimum absolute atomic E-state index is 0.0664. The minimum atomic E-state index is 0.0664. The van der Waals surface area contributed by atoms with E-state index in [1.54, 1.807) is 16.8 Å². The molecule has 0 spiro atoms. The van der Waals surface area contributed by atoms with Gasteiger partial charge in [-0.15, -0.1) is 0 Å². The molecule has 5 heteroatoms. The molecule has 0 radical (unpaired) electrons. The maximum atomic E-state index is 12.3. The van der Waals surface area contributed by atoms with Crippen LogP contribution in [-0.4, -0.2) is 22.2 Å². The largest absolute Gasteiger partial charge is 0.494 e. The Morgan fingerprint density at radius 3 is 2.50 bits per heavy atom. The molecule has 0 fully saturated rings. The quantitative estimate of drug-likeness (QED) is 0.786. The van der Waals surface area contributed by atoms with Crippen LogP contribution >= 0.6 is 15.9 Å². The molecule has 106 valence electrons. The zero-order valence-corrected chi connectivity index (χ0v) is 13.4. The average molecular weight is 337 g/mol. The number of halogens is 1. The molecule has 1 aromatic heterocycles. The second-order valence-corrected chi connectivity index (χ2v) is 5.32. The van der Waals surface area contributed by atoms with Crippen LogP contribution < -0.4 is 4.74 Å². The minimum Gasteiger partial charge on any atom is -0.494 e. The number of ether oxygens (including phenoxy) is 1. The molecule has 0 unspecified atom stereocenters. The number of aryl methyl sites for hydroxylation is 2. The Labute approximate surface area is 126 Å². The van der Waals surface area contributed by atoms with Crippen LogP contribution in [0.4, 0.5) is 0 Å². The molecule has 20 heavy (non-hydrogen) atoms. The summed E-state index contributed by atoms with van der Waals surface area (Å²) in [5.74, 6) is 0.846. The molecule has 2 rings (SSSR count). The van der Waals surface area contributed by atoms with Gasteiger partial charge in [0.05, 0.1) is 28.9 Å². The average Bonchev–Trinajstić information content (AvgIpc) is 2.66. The Morgan fingerprint density at radius 1 is 1.35 bits per heavy atom. The van der Waals surface area contributed by atoms with Gasteiger partial charge in [0.15, 0.2) is 5.78 Å². The fourth-order valence-corrected chi connectivity index (χ4v) is 2.51. The Kier molecular flexibility index (Phi) is 4.60. The van der Waals surface area contributed by atoms with Crippen LogP contribution in [0, 0.1) is 6.92 Å². The van der Waals surface area contributed by atoms with Crippen molar-refractivity contribution in [2.24, 2.45) is 7.05 Å². The van der Waals surface area contributed by atoms with E-state index < -0.39 is 0 Å². The van der Waals surface area contributed by atoms with Gasteiger partial charge in [-0.3, -0.25) is 9.48 Å². The molecule has 0 saturated heterocycles. The third kappa shape index (κ3) is 3.10. The van der Waals surface area contributed by atoms with Crippen molar-refractivity contribution in [1.29, 1.82) is 0 Å². The first-order chi connectivity index (χ1) is 9.52. The fourth-order valence-electron chi connectivity index (χ4n) is 2.03. The van der Waals surface area contributed by atoms with Crippen molar-refractivity contribution in [3.05, 3.63) is 45.7 Å². The van der Waals surface area contributed by atoms with E-state index in [0.717, 1.165) is 21.6 Å². The van der Waals surface area contributed by atoms with Gasteiger partial charge in [-0.25, -0.2) is 0 Å². The van der Waals surface area contributed by atoms with Gasteiger partial charge in [0, 0.05) is 12.6 Å². The van der Waals surface area contributed by atoms with Crippen molar-refractivity contribution in [2.75, 3.05) is 6.61 Å². The number of carbonyl (C=O) groups excluding carboxylic acids is 1. The first-order valence-corrected chi connectivity index (χ1v) is 7.26. The van der Waals surface area contributed by atoms with Crippen LogP contribution in [0.25, 0.3) is 0 Å². The van der Waals surface area contributed by atoms with Gasteiger partial charge in [-0.2, -0.15) is 5.10 Å². The van der Waals surface area contributed by atoms with Gasteiger partial charge < -0.3 is 4.74 Å². The summed E-state index contributed by atoms with van der Waals surface area (Å²) < 4.78 is 8.01. The van der Waals surface area contributed by atoms with Gasteiger partial charge in [0.1, 0.15) is 5.75 Å². The van der Waals surface area contributed by atoms with Crippen LogP contribution in [0.2, 0.25) is 0 Å². The Balaban J connectivity index is 2.15. The van der Waals surface area contributed by atoms with Gasteiger partial charge in [0.2, 0.25) is 0 Å². The van der Waals surface area contributed by atoms with E-state index in [1.165, 1.54) is 0 Å². The molecule has 0 bridgehead atoms. The molecular formula is C15H17BrN2O2. The number of hydrogen-bond donors (Lipinski definition) is 0. The van der Waals surface area contributed by atoms with E-state index in [4.69, 9.17) is 4.74 Å². The number of Topliss-reactive ketones (excluding diaryl/α,β-unsaturated/α-hetero) is 1. The Bertz CT molecular complexity index is 618. The van der Waals surface area contributed by atoms with Crippen LogP contribution in [0.15, 0.2) is 28.7 Å². The van der Waals surface area contributed by atoms with E-state index in [2.05, 4.69) is 21.0 Å². The van der Waals surface area contributed by atoms with Crippen molar-refractivity contribution in [3.8, 4) is 5.75 Å². The monoisotopic (exact) mass is 336 g/mol. The van der Waals surface area contributed by atoms with Crippen molar-refractivity contribution in [1.82, 2.24) is 9.78 Å². The molecule has 2 aromatic rings. The van der Waals surface area contributed by atoms with E-state index in [0.29, 0.717) is 18.6 Å². The third-order valence-corrected chi connectivity index (χ3v) is 4.11. The van der Waals surface area contributed by atoms with E-state index in [1.807, 2.05) is 33.0 Å². The van der Waals surface area contributed by atoms with Gasteiger partial charge >= 0.3 is 0 Å². The summed E-state index contributed by atoms with van der Waals surface area (Å²) in [5.41, 5.74) is 2.46. The number of rotatable bonds is 5. The Morgan fingerprint density at radius 2 is 2.00 bits per heavy atom. The Hall–Kier alpha value is -1.62. The molecule has 4 nitrogen and oxygen atoms in total. The predicted octanol–water partition coefficient (Wildman–Crippen LogP) is 3.32. The summed E-state index contributed by atoms with van der Waals surface area (Å²) in [7, 11) is 1.85. The lowest BCUT2D eigenvalue weighted by atomic mass is 10.1. The van der Waals surface area contributed by atoms with Crippen molar-refractivity contribution >= 4 is 21.7 Å². The highest BCUT2D eigenvalue weighted by Gasteiger charge is 2.15. The van der Waals surface area contributed by atoms with E-state index in [9.17, 15) is 4.79 Å². The lowest BCUT2D eigenvalue weighted by Gasteiger charge is -2.05. The molecule has 0 aliphatic rings. The maximum absolute atomic E-state index is 12.3. The number of aromatic nitrogens is 2. The van der Waals surface area contributed by atoms with Crippen LogP contribution in [0.1, 0.15) is 28.7 Å². The predicted molar refractivity (Wildman–Crippen MR) is 81.3 cm³/mol. The van der Waals surface area contributed by atoms with Gasteiger partial charge in [0.25, 0.3) is 0 Å². The second kappa shape index (κ2) is 6.22. The number of hydrogen-bond acceptors (Lipinski definition) is 3. The lowest BCUT2D eigenvalue weighted by molar-refractivity contribution is 0.0990. The molecule has 0 N–H and O–H groups in total. The molecule has 0 aliphatic heterocycles. The summed E-state index contributed by atoms with van der Waals surface area (Å²) >= 11 is 3.48. The molecule has 0 amide bonds. The zero-order chi connectivity index (χ0) is 14.7. The molecule has 0 atom stereocenters. The zero-order valence-electron chi connectivity index (χ0n) is 11.8. The summed E-state index contributed by atoms with van der Waals surface area (Å²) in [6, 6.07) is 7.23. The first kappa shape index (κ1) is 14.8. The highest BCUT2D eigenvalue weighted by atomic mass is 79.9. The maximum Gasteiger partial charge on any atom is 0.168 e. The number of carbonyl (C=O) groups is 1. The summed E-state index contributed by atoms with van der Waals surface area (Å²) in [6.45, 7) is 4.46. The fraction of sp³-hybridized carbons (Fsp3) is 0.333. The molecule has 0 aliphatic carbocycles. The highest BCUT2D eigenvalue weighted by Crippen LogP contribution is 2.22. The molecule has 1 aromatic carbocycles. The van der Waals surface area contributed by atoms with E-state index in [-0.39, 0.29) is 5.78 Å². The second-order valence-electron chi connectivity index (χ2n) is 4.53. The van der Waals surface area contributed by atoms with Crippen molar-refractivity contribution in [2.45, 2.75) is 20.3 Å². The highest BCUT2D eigenvalue weighted by molar-refractivity contribution is 9.10. The molecule has 0 saturated carbocycles. The standard InChI is InChI=1S/C15H17BrN2O2/c1-4-20-12-7-5-11(6-8-12)14(19)9-13-15(16)10(2)17-18(13)3/h5-8H,4,9H2,1-3H3. The van der Waals surface area contributed by atoms with E-state index >= 15 is 0 Å². The van der Waals surface area contributed by atoms with Crippen molar-refractivity contribution < 1.29 is 9.53 Å².